The lowest BCUT2D eigenvalue weighted by molar-refractivity contribution is 0.306. The Balaban J connectivity index is 2.01. The SMILES string of the molecule is CCc1ccc(COc2ccc(Br)c(CCl)c2)cc1. The summed E-state index contributed by atoms with van der Waals surface area (Å²) in [6.07, 6.45) is 1.06. The molecule has 2 aromatic carbocycles. The highest BCUT2D eigenvalue weighted by molar-refractivity contribution is 9.10. The van der Waals surface area contributed by atoms with Crippen molar-refractivity contribution >= 4 is 27.5 Å². The largest absolute Gasteiger partial charge is 0.489 e. The van der Waals surface area contributed by atoms with Crippen LogP contribution >= 0.6 is 27.5 Å². The number of rotatable bonds is 5. The van der Waals surface area contributed by atoms with Crippen molar-refractivity contribution in [3.63, 3.8) is 0 Å². The van der Waals surface area contributed by atoms with Gasteiger partial charge >= 0.3 is 0 Å². The van der Waals surface area contributed by atoms with E-state index in [4.69, 9.17) is 16.3 Å². The van der Waals surface area contributed by atoms with E-state index in [1.54, 1.807) is 0 Å². The Labute approximate surface area is 127 Å². The highest BCUT2D eigenvalue weighted by Crippen LogP contribution is 2.24. The molecular weight excluding hydrogens is 324 g/mol. The maximum Gasteiger partial charge on any atom is 0.120 e. The van der Waals surface area contributed by atoms with Crippen LogP contribution in [0.15, 0.2) is 46.9 Å². The van der Waals surface area contributed by atoms with Gasteiger partial charge in [-0.25, -0.2) is 0 Å². The molecule has 19 heavy (non-hydrogen) atoms. The molecular formula is C16H16BrClO. The predicted octanol–water partition coefficient (Wildman–Crippen LogP) is 5.33. The highest BCUT2D eigenvalue weighted by atomic mass is 79.9. The van der Waals surface area contributed by atoms with E-state index in [0.29, 0.717) is 12.5 Å². The van der Waals surface area contributed by atoms with Crippen molar-refractivity contribution < 1.29 is 4.74 Å². The first-order valence-electron chi connectivity index (χ1n) is 6.28. The normalized spacial score (nSPS) is 10.5. The van der Waals surface area contributed by atoms with E-state index >= 15 is 0 Å². The molecule has 0 fully saturated rings. The molecule has 100 valence electrons. The fraction of sp³-hybridized carbons (Fsp3) is 0.250. The molecule has 0 atom stereocenters. The third kappa shape index (κ3) is 3.99. The van der Waals surface area contributed by atoms with Crippen LogP contribution < -0.4 is 4.74 Å². The van der Waals surface area contributed by atoms with Crippen molar-refractivity contribution in [2.45, 2.75) is 25.8 Å². The molecule has 0 unspecified atom stereocenters. The number of hydrogen-bond acceptors (Lipinski definition) is 1. The maximum atomic E-state index is 5.87. The van der Waals surface area contributed by atoms with Crippen LogP contribution in [0.1, 0.15) is 23.6 Å². The smallest absolute Gasteiger partial charge is 0.120 e. The Morgan fingerprint density at radius 1 is 1.05 bits per heavy atom. The summed E-state index contributed by atoms with van der Waals surface area (Å²) in [5, 5.41) is 0. The van der Waals surface area contributed by atoms with Crippen LogP contribution in [0.5, 0.6) is 5.75 Å². The number of hydrogen-bond donors (Lipinski definition) is 0. The van der Waals surface area contributed by atoms with Crippen LogP contribution in [-0.4, -0.2) is 0 Å². The Bertz CT molecular complexity index is 537. The molecule has 1 nitrogen and oxygen atoms in total. The number of alkyl halides is 1. The van der Waals surface area contributed by atoms with Gasteiger partial charge in [-0.05, 0) is 41.3 Å². The summed E-state index contributed by atoms with van der Waals surface area (Å²) in [7, 11) is 0. The summed E-state index contributed by atoms with van der Waals surface area (Å²) in [6.45, 7) is 2.73. The summed E-state index contributed by atoms with van der Waals surface area (Å²) < 4.78 is 6.80. The van der Waals surface area contributed by atoms with E-state index in [0.717, 1.165) is 22.2 Å². The second kappa shape index (κ2) is 6.97. The first-order chi connectivity index (χ1) is 9.22. The van der Waals surface area contributed by atoms with Gasteiger partial charge in [-0.1, -0.05) is 47.1 Å². The van der Waals surface area contributed by atoms with Crippen molar-refractivity contribution in [1.29, 1.82) is 0 Å². The van der Waals surface area contributed by atoms with Gasteiger partial charge in [0.05, 0.1) is 0 Å². The fourth-order valence-electron chi connectivity index (χ4n) is 1.78. The van der Waals surface area contributed by atoms with Crippen LogP contribution in [0.3, 0.4) is 0 Å². The fourth-order valence-corrected chi connectivity index (χ4v) is 2.55. The molecule has 0 bridgehead atoms. The van der Waals surface area contributed by atoms with E-state index < -0.39 is 0 Å². The lowest BCUT2D eigenvalue weighted by Gasteiger charge is -2.09. The minimum absolute atomic E-state index is 0.475. The second-order valence-corrected chi connectivity index (χ2v) is 5.47. The van der Waals surface area contributed by atoms with E-state index in [-0.39, 0.29) is 0 Å². The van der Waals surface area contributed by atoms with Crippen molar-refractivity contribution in [2.24, 2.45) is 0 Å². The topological polar surface area (TPSA) is 9.23 Å². The molecule has 0 N–H and O–H groups in total. The Morgan fingerprint density at radius 2 is 1.74 bits per heavy atom. The van der Waals surface area contributed by atoms with Gasteiger partial charge < -0.3 is 4.74 Å². The van der Waals surface area contributed by atoms with Gasteiger partial charge in [-0.3, -0.25) is 0 Å². The van der Waals surface area contributed by atoms with Crippen molar-refractivity contribution in [2.75, 3.05) is 0 Å². The zero-order chi connectivity index (χ0) is 13.7. The molecule has 3 heteroatoms. The number of halogens is 2. The molecule has 0 saturated heterocycles. The first kappa shape index (κ1) is 14.4. The predicted molar refractivity (Wildman–Crippen MR) is 83.9 cm³/mol. The molecule has 0 spiro atoms. The number of benzene rings is 2. The van der Waals surface area contributed by atoms with E-state index in [1.807, 2.05) is 18.2 Å². The average Bonchev–Trinajstić information content (AvgIpc) is 2.47. The van der Waals surface area contributed by atoms with E-state index in [2.05, 4.69) is 47.1 Å². The molecule has 0 aliphatic heterocycles. The number of aryl methyl sites for hydroxylation is 1. The van der Waals surface area contributed by atoms with Crippen LogP contribution in [0, 0.1) is 0 Å². The zero-order valence-corrected chi connectivity index (χ0v) is 13.2. The third-order valence-corrected chi connectivity index (χ3v) is 4.06. The van der Waals surface area contributed by atoms with Gasteiger partial charge in [-0.15, -0.1) is 11.6 Å². The van der Waals surface area contributed by atoms with Gasteiger partial charge in [0, 0.05) is 10.4 Å². The van der Waals surface area contributed by atoms with Gasteiger partial charge in [0.25, 0.3) is 0 Å². The molecule has 0 amide bonds. The van der Waals surface area contributed by atoms with Crippen molar-refractivity contribution in [3.05, 3.63) is 63.6 Å². The summed E-state index contributed by atoms with van der Waals surface area (Å²) in [5.41, 5.74) is 3.56. The molecule has 2 rings (SSSR count). The summed E-state index contributed by atoms with van der Waals surface area (Å²) in [4.78, 5) is 0. The first-order valence-corrected chi connectivity index (χ1v) is 7.60. The van der Waals surface area contributed by atoms with Crippen LogP contribution in [0.2, 0.25) is 0 Å². The molecule has 2 aromatic rings. The monoisotopic (exact) mass is 338 g/mol. The zero-order valence-electron chi connectivity index (χ0n) is 10.8. The Hall–Kier alpha value is -0.990. The second-order valence-electron chi connectivity index (χ2n) is 4.35. The van der Waals surface area contributed by atoms with Crippen molar-refractivity contribution in [1.82, 2.24) is 0 Å². The maximum absolute atomic E-state index is 5.87. The lowest BCUT2D eigenvalue weighted by atomic mass is 10.1. The van der Waals surface area contributed by atoms with Crippen LogP contribution in [-0.2, 0) is 18.9 Å². The molecule has 0 aromatic heterocycles. The third-order valence-electron chi connectivity index (χ3n) is 3.00. The Kier molecular flexibility index (Phi) is 5.29. The molecule has 0 aliphatic rings. The lowest BCUT2D eigenvalue weighted by Crippen LogP contribution is -1.96. The van der Waals surface area contributed by atoms with Crippen molar-refractivity contribution in [3.8, 4) is 5.75 Å². The minimum Gasteiger partial charge on any atom is -0.489 e. The highest BCUT2D eigenvalue weighted by Gasteiger charge is 2.02. The molecule has 0 aliphatic carbocycles. The molecule has 0 heterocycles. The standard InChI is InChI=1S/C16H16BrClO/c1-2-12-3-5-13(6-4-12)11-19-15-7-8-16(17)14(9-15)10-18/h3-9H,2,10-11H2,1H3. The minimum atomic E-state index is 0.475. The van der Waals surface area contributed by atoms with Gasteiger partial charge in [0.2, 0.25) is 0 Å². The summed E-state index contributed by atoms with van der Waals surface area (Å²) >= 11 is 9.33. The molecule has 0 saturated carbocycles. The van der Waals surface area contributed by atoms with Crippen LogP contribution in [0.4, 0.5) is 0 Å². The molecule has 0 radical (unpaired) electrons. The van der Waals surface area contributed by atoms with Gasteiger partial charge in [0.1, 0.15) is 12.4 Å². The van der Waals surface area contributed by atoms with E-state index in [9.17, 15) is 0 Å². The quantitative estimate of drug-likeness (QED) is 0.669. The van der Waals surface area contributed by atoms with Crippen LogP contribution in [0.25, 0.3) is 0 Å². The average molecular weight is 340 g/mol. The summed E-state index contributed by atoms with van der Waals surface area (Å²) in [6, 6.07) is 14.4. The van der Waals surface area contributed by atoms with Gasteiger partial charge in [-0.2, -0.15) is 0 Å². The Morgan fingerprint density at radius 3 is 2.37 bits per heavy atom. The van der Waals surface area contributed by atoms with E-state index in [1.165, 1.54) is 11.1 Å². The van der Waals surface area contributed by atoms with Gasteiger partial charge in [0.15, 0.2) is 0 Å². The summed E-state index contributed by atoms with van der Waals surface area (Å²) in [5.74, 6) is 1.32. The number of ether oxygens (including phenoxy) is 1.